The van der Waals surface area contributed by atoms with Crippen molar-refractivity contribution in [3.05, 3.63) is 83.9 Å². The van der Waals surface area contributed by atoms with Gasteiger partial charge in [-0.3, -0.25) is 19.3 Å². The first kappa shape index (κ1) is 27.7. The van der Waals surface area contributed by atoms with Crippen LogP contribution in [0.15, 0.2) is 67.3 Å². The molecule has 2 aromatic carbocycles. The zero-order valence-electron chi connectivity index (χ0n) is 20.9. The van der Waals surface area contributed by atoms with Gasteiger partial charge in [0.05, 0.1) is 24.1 Å². The fourth-order valence-corrected chi connectivity index (χ4v) is 5.00. The molecule has 9 nitrogen and oxygen atoms in total. The van der Waals surface area contributed by atoms with E-state index >= 15 is 0 Å². The van der Waals surface area contributed by atoms with E-state index in [9.17, 15) is 37.5 Å². The van der Waals surface area contributed by atoms with Gasteiger partial charge in [-0.05, 0) is 23.3 Å². The van der Waals surface area contributed by atoms with Gasteiger partial charge in [0.1, 0.15) is 18.7 Å². The number of hydrogen-bond donors (Lipinski definition) is 1. The molecule has 0 bridgehead atoms. The summed E-state index contributed by atoms with van der Waals surface area (Å²) >= 11 is 0. The lowest BCUT2D eigenvalue weighted by atomic mass is 9.88. The minimum atomic E-state index is -4.57. The van der Waals surface area contributed by atoms with Crippen molar-refractivity contribution in [2.75, 3.05) is 13.7 Å². The Morgan fingerprint density at radius 2 is 1.87 bits per heavy atom. The molecule has 0 saturated carbocycles. The molecule has 2 saturated heterocycles. The van der Waals surface area contributed by atoms with E-state index in [1.165, 1.54) is 30.2 Å². The average Bonchev–Trinajstić information content (AvgIpc) is 3.26. The summed E-state index contributed by atoms with van der Waals surface area (Å²) in [5.41, 5.74) is 0.0191. The van der Waals surface area contributed by atoms with E-state index in [0.29, 0.717) is 0 Å². The lowest BCUT2D eigenvalue weighted by molar-refractivity contribution is -0.167. The fraction of sp³-hybridized carbons (Fsp3) is 0.333. The normalized spacial score (nSPS) is 21.7. The van der Waals surface area contributed by atoms with Crippen LogP contribution in [-0.2, 0) is 31.8 Å². The maximum atomic E-state index is 13.4. The third-order valence-electron chi connectivity index (χ3n) is 6.83. The number of likely N-dealkylation sites (N-methyl/N-ethyl adjacent to an activating group) is 1. The van der Waals surface area contributed by atoms with E-state index in [-0.39, 0.29) is 18.7 Å². The molecule has 0 radical (unpaired) electrons. The molecule has 1 N–H and O–H groups in total. The molecule has 0 aliphatic carbocycles. The van der Waals surface area contributed by atoms with Crippen molar-refractivity contribution >= 4 is 23.9 Å². The van der Waals surface area contributed by atoms with Crippen LogP contribution in [0.3, 0.4) is 0 Å². The number of likely N-dealkylation sites (tertiary alicyclic amines) is 1. The van der Waals surface area contributed by atoms with E-state index < -0.39 is 66.2 Å². The Labute approximate surface area is 222 Å². The summed E-state index contributed by atoms with van der Waals surface area (Å²) in [6, 6.07) is 9.31. The number of ether oxygens (including phenoxy) is 1. The fourth-order valence-electron chi connectivity index (χ4n) is 5.00. The Bertz CT molecular complexity index is 1290. The molecule has 39 heavy (non-hydrogen) atoms. The summed E-state index contributed by atoms with van der Waals surface area (Å²) < 4.78 is 44.5. The number of hydrogen-bond acceptors (Lipinski definition) is 5. The molecule has 206 valence electrons. The summed E-state index contributed by atoms with van der Waals surface area (Å²) in [5.74, 6) is -2.80. The SMILES string of the molecule is C=C[C@@H]1[C@H](N2C(=O)OC[C@@H]2c2ccccc2)C(=O)N1[C@H](CC(=O)O)C(=O)N(C)Cc1cccc(C(F)(F)F)c1. The zero-order chi connectivity index (χ0) is 28.5. The summed E-state index contributed by atoms with van der Waals surface area (Å²) in [4.78, 5) is 54.6. The number of carbonyl (C=O) groups is 4. The summed E-state index contributed by atoms with van der Waals surface area (Å²) in [6.45, 7) is 3.48. The van der Waals surface area contributed by atoms with Crippen molar-refractivity contribution in [2.24, 2.45) is 0 Å². The molecule has 0 aromatic heterocycles. The lowest BCUT2D eigenvalue weighted by Gasteiger charge is -2.52. The van der Waals surface area contributed by atoms with Crippen molar-refractivity contribution < 1.29 is 42.2 Å². The number of rotatable bonds is 9. The van der Waals surface area contributed by atoms with Crippen LogP contribution in [0.1, 0.15) is 29.2 Å². The molecule has 2 aromatic rings. The van der Waals surface area contributed by atoms with Gasteiger partial charge < -0.3 is 19.6 Å². The molecule has 2 aliphatic rings. The van der Waals surface area contributed by atoms with Crippen LogP contribution in [0.2, 0.25) is 0 Å². The van der Waals surface area contributed by atoms with Crippen LogP contribution in [-0.4, -0.2) is 75.5 Å². The van der Waals surface area contributed by atoms with Gasteiger partial charge in [-0.25, -0.2) is 4.79 Å². The van der Waals surface area contributed by atoms with Crippen molar-refractivity contribution in [3.8, 4) is 0 Å². The van der Waals surface area contributed by atoms with Gasteiger partial charge in [-0.15, -0.1) is 6.58 Å². The highest BCUT2D eigenvalue weighted by atomic mass is 19.4. The standard InChI is InChI=1S/C27H26F3N3O6/c1-3-19-23(33-21(15-39-26(33)38)17-9-5-4-6-10-17)25(37)32(19)20(13-22(34)35)24(36)31(2)14-16-8-7-11-18(12-16)27(28,29)30/h3-12,19-21,23H,1,13-15H2,2H3,(H,34,35)/t19-,20-,21-,23+/m1/s1. The van der Waals surface area contributed by atoms with E-state index in [1.807, 2.05) is 0 Å². The molecule has 2 fully saturated rings. The highest BCUT2D eigenvalue weighted by Crippen LogP contribution is 2.38. The number of carbonyl (C=O) groups excluding carboxylic acids is 3. The second-order valence-electron chi connectivity index (χ2n) is 9.33. The highest BCUT2D eigenvalue weighted by molar-refractivity contribution is 5.98. The molecule has 4 atom stereocenters. The minimum absolute atomic E-state index is 0.00764. The van der Waals surface area contributed by atoms with Gasteiger partial charge in [0, 0.05) is 13.6 Å². The van der Waals surface area contributed by atoms with Crippen LogP contribution in [0.4, 0.5) is 18.0 Å². The first-order valence-corrected chi connectivity index (χ1v) is 12.0. The zero-order valence-corrected chi connectivity index (χ0v) is 20.9. The predicted octanol–water partition coefficient (Wildman–Crippen LogP) is 3.47. The smallest absolute Gasteiger partial charge is 0.416 e. The van der Waals surface area contributed by atoms with Gasteiger partial charge in [0.15, 0.2) is 0 Å². The van der Waals surface area contributed by atoms with Gasteiger partial charge >= 0.3 is 18.2 Å². The van der Waals surface area contributed by atoms with Gasteiger partial charge in [-0.2, -0.15) is 13.2 Å². The largest absolute Gasteiger partial charge is 0.481 e. The second kappa shape index (κ2) is 10.8. The average molecular weight is 546 g/mol. The van der Waals surface area contributed by atoms with E-state index in [4.69, 9.17) is 4.74 Å². The second-order valence-corrected chi connectivity index (χ2v) is 9.33. The number of halogens is 3. The topological polar surface area (TPSA) is 107 Å². The van der Waals surface area contributed by atoms with Crippen molar-refractivity contribution in [3.63, 3.8) is 0 Å². The summed E-state index contributed by atoms with van der Waals surface area (Å²) in [5, 5.41) is 9.51. The minimum Gasteiger partial charge on any atom is -0.481 e. The maximum Gasteiger partial charge on any atom is 0.416 e. The predicted molar refractivity (Wildman–Crippen MR) is 131 cm³/mol. The van der Waals surface area contributed by atoms with Gasteiger partial charge in [0.25, 0.3) is 0 Å². The molecule has 0 spiro atoms. The van der Waals surface area contributed by atoms with Crippen LogP contribution < -0.4 is 0 Å². The lowest BCUT2D eigenvalue weighted by Crippen LogP contribution is -2.74. The van der Waals surface area contributed by atoms with Crippen LogP contribution >= 0.6 is 0 Å². The Morgan fingerprint density at radius 3 is 2.49 bits per heavy atom. The number of aliphatic carboxylic acids is 1. The van der Waals surface area contributed by atoms with Crippen molar-refractivity contribution in [1.82, 2.24) is 14.7 Å². The van der Waals surface area contributed by atoms with Gasteiger partial charge in [0.2, 0.25) is 11.8 Å². The first-order chi connectivity index (χ1) is 18.4. The van der Waals surface area contributed by atoms with E-state index in [0.717, 1.165) is 27.5 Å². The number of amides is 3. The molecular formula is C27H26F3N3O6. The molecule has 0 unspecified atom stereocenters. The van der Waals surface area contributed by atoms with Crippen LogP contribution in [0.5, 0.6) is 0 Å². The number of nitrogens with zero attached hydrogens (tertiary/aromatic N) is 3. The van der Waals surface area contributed by atoms with Crippen molar-refractivity contribution in [1.29, 1.82) is 0 Å². The first-order valence-electron chi connectivity index (χ1n) is 12.0. The van der Waals surface area contributed by atoms with E-state index in [1.54, 1.807) is 30.3 Å². The number of carboxylic acid groups (broad SMARTS) is 1. The summed E-state index contributed by atoms with van der Waals surface area (Å²) in [7, 11) is 1.31. The number of cyclic esters (lactones) is 1. The molecule has 12 heteroatoms. The molecule has 2 heterocycles. The quantitative estimate of drug-likeness (QED) is 0.382. The number of carboxylic acids is 1. The molecule has 3 amide bonds. The summed E-state index contributed by atoms with van der Waals surface area (Å²) in [6.07, 6.45) is -4.69. The number of alkyl halides is 3. The highest BCUT2D eigenvalue weighted by Gasteiger charge is 2.58. The maximum absolute atomic E-state index is 13.4. The van der Waals surface area contributed by atoms with Crippen LogP contribution in [0.25, 0.3) is 0 Å². The van der Waals surface area contributed by atoms with Crippen molar-refractivity contribution in [2.45, 2.75) is 43.3 Å². The molecule has 4 rings (SSSR count). The molecular weight excluding hydrogens is 519 g/mol. The van der Waals surface area contributed by atoms with Crippen LogP contribution in [0, 0.1) is 0 Å². The Kier molecular flexibility index (Phi) is 7.66. The number of benzene rings is 2. The Hall–Kier alpha value is -4.35. The Balaban J connectivity index is 1.57. The Morgan fingerprint density at radius 1 is 1.18 bits per heavy atom. The third-order valence-corrected chi connectivity index (χ3v) is 6.83. The monoisotopic (exact) mass is 545 g/mol. The molecule has 2 aliphatic heterocycles. The number of β-lactam (4-membered cyclic amide) rings is 1. The third kappa shape index (κ3) is 5.45. The van der Waals surface area contributed by atoms with Gasteiger partial charge in [-0.1, -0.05) is 48.5 Å². The van der Waals surface area contributed by atoms with E-state index in [2.05, 4.69) is 6.58 Å².